The van der Waals surface area contributed by atoms with Crippen LogP contribution < -0.4 is 10.6 Å². The monoisotopic (exact) mass is 266 g/mol. The number of amides is 1. The summed E-state index contributed by atoms with van der Waals surface area (Å²) in [5.41, 5.74) is 1.86. The summed E-state index contributed by atoms with van der Waals surface area (Å²) in [6.45, 7) is 4.01. The van der Waals surface area contributed by atoms with Gasteiger partial charge in [0.1, 0.15) is 0 Å². The molecule has 1 aromatic carbocycles. The van der Waals surface area contributed by atoms with Crippen LogP contribution in [0.15, 0.2) is 18.2 Å². The van der Waals surface area contributed by atoms with Crippen LogP contribution in [0.4, 0.5) is 5.69 Å². The smallest absolute Gasteiger partial charge is 0.224 e. The van der Waals surface area contributed by atoms with Crippen molar-refractivity contribution in [1.82, 2.24) is 5.32 Å². The molecule has 2 N–H and O–H groups in total. The molecule has 1 aromatic rings. The van der Waals surface area contributed by atoms with Crippen molar-refractivity contribution in [2.75, 3.05) is 18.4 Å². The number of hydrogen-bond donors (Lipinski definition) is 2. The van der Waals surface area contributed by atoms with E-state index in [4.69, 9.17) is 11.6 Å². The lowest BCUT2D eigenvalue weighted by molar-refractivity contribution is -0.117. The van der Waals surface area contributed by atoms with Crippen molar-refractivity contribution >= 4 is 23.2 Å². The molecule has 0 unspecified atom stereocenters. The number of piperidine rings is 1. The van der Waals surface area contributed by atoms with Crippen LogP contribution in [0.1, 0.15) is 24.8 Å². The lowest BCUT2D eigenvalue weighted by atomic mass is 9.94. The molecule has 0 atom stereocenters. The molecule has 0 aliphatic carbocycles. The fourth-order valence-electron chi connectivity index (χ4n) is 2.28. The van der Waals surface area contributed by atoms with Gasteiger partial charge in [-0.1, -0.05) is 17.7 Å². The molecule has 1 saturated heterocycles. The van der Waals surface area contributed by atoms with Gasteiger partial charge in [-0.3, -0.25) is 4.79 Å². The average Bonchev–Trinajstić information content (AvgIpc) is 2.35. The predicted molar refractivity (Wildman–Crippen MR) is 75.0 cm³/mol. The summed E-state index contributed by atoms with van der Waals surface area (Å²) in [5.74, 6) is 0.595. The van der Waals surface area contributed by atoms with Crippen LogP contribution in [-0.2, 0) is 4.79 Å². The van der Waals surface area contributed by atoms with Crippen molar-refractivity contribution in [2.45, 2.75) is 26.2 Å². The van der Waals surface area contributed by atoms with E-state index in [1.165, 1.54) is 0 Å². The molecule has 1 heterocycles. The quantitative estimate of drug-likeness (QED) is 0.883. The Balaban J connectivity index is 1.92. The Bertz CT molecular complexity index is 428. The molecule has 3 nitrogen and oxygen atoms in total. The normalized spacial score (nSPS) is 16.6. The Labute approximate surface area is 113 Å². The predicted octanol–water partition coefficient (Wildman–Crippen LogP) is 2.98. The highest BCUT2D eigenvalue weighted by Crippen LogP contribution is 2.22. The van der Waals surface area contributed by atoms with Gasteiger partial charge in [0.05, 0.1) is 0 Å². The molecule has 0 bridgehead atoms. The van der Waals surface area contributed by atoms with Crippen molar-refractivity contribution in [3.8, 4) is 0 Å². The van der Waals surface area contributed by atoms with Gasteiger partial charge in [-0.25, -0.2) is 0 Å². The molecule has 1 fully saturated rings. The third kappa shape index (κ3) is 3.72. The second-order valence-corrected chi connectivity index (χ2v) is 5.34. The van der Waals surface area contributed by atoms with Crippen LogP contribution in [-0.4, -0.2) is 19.0 Å². The number of carbonyl (C=O) groups is 1. The maximum Gasteiger partial charge on any atom is 0.224 e. The third-order valence-electron chi connectivity index (χ3n) is 3.41. The summed E-state index contributed by atoms with van der Waals surface area (Å²) in [4.78, 5) is 12.0. The molecule has 1 aliphatic rings. The van der Waals surface area contributed by atoms with E-state index in [1.807, 2.05) is 19.1 Å². The standard InChI is InChI=1S/C14H19ClN2O/c1-10-2-3-12(15)9-13(10)17-14(18)8-11-4-6-16-7-5-11/h2-3,9,11,16H,4-8H2,1H3,(H,17,18). The maximum atomic E-state index is 12.0. The zero-order valence-electron chi connectivity index (χ0n) is 10.6. The summed E-state index contributed by atoms with van der Waals surface area (Å²) < 4.78 is 0. The molecule has 2 rings (SSSR count). The topological polar surface area (TPSA) is 41.1 Å². The van der Waals surface area contributed by atoms with E-state index in [9.17, 15) is 4.79 Å². The first-order valence-corrected chi connectivity index (χ1v) is 6.79. The van der Waals surface area contributed by atoms with Crippen LogP contribution >= 0.6 is 11.6 Å². The maximum absolute atomic E-state index is 12.0. The minimum absolute atomic E-state index is 0.0901. The molecular formula is C14H19ClN2O. The number of benzene rings is 1. The van der Waals surface area contributed by atoms with E-state index in [0.29, 0.717) is 17.4 Å². The van der Waals surface area contributed by atoms with Crippen molar-refractivity contribution in [3.05, 3.63) is 28.8 Å². The fraction of sp³-hybridized carbons (Fsp3) is 0.500. The Morgan fingerprint density at radius 3 is 2.89 bits per heavy atom. The van der Waals surface area contributed by atoms with Gasteiger partial charge < -0.3 is 10.6 Å². The van der Waals surface area contributed by atoms with Crippen molar-refractivity contribution in [1.29, 1.82) is 0 Å². The Morgan fingerprint density at radius 2 is 2.17 bits per heavy atom. The number of halogens is 1. The highest BCUT2D eigenvalue weighted by molar-refractivity contribution is 6.31. The van der Waals surface area contributed by atoms with Crippen LogP contribution in [0.5, 0.6) is 0 Å². The largest absolute Gasteiger partial charge is 0.326 e. The van der Waals surface area contributed by atoms with Gasteiger partial charge in [0.2, 0.25) is 5.91 Å². The van der Waals surface area contributed by atoms with Gasteiger partial charge in [-0.15, -0.1) is 0 Å². The van der Waals surface area contributed by atoms with Gasteiger partial charge in [0.25, 0.3) is 0 Å². The summed E-state index contributed by atoms with van der Waals surface area (Å²) in [6, 6.07) is 5.55. The van der Waals surface area contributed by atoms with Crippen LogP contribution in [0.25, 0.3) is 0 Å². The first-order valence-electron chi connectivity index (χ1n) is 6.42. The number of carbonyl (C=O) groups excluding carboxylic acids is 1. The van der Waals surface area contributed by atoms with Crippen molar-refractivity contribution in [3.63, 3.8) is 0 Å². The first-order chi connectivity index (χ1) is 8.65. The van der Waals surface area contributed by atoms with Crippen LogP contribution in [0.3, 0.4) is 0 Å². The minimum Gasteiger partial charge on any atom is -0.326 e. The van der Waals surface area contributed by atoms with E-state index in [0.717, 1.165) is 37.2 Å². The van der Waals surface area contributed by atoms with E-state index in [1.54, 1.807) is 6.07 Å². The summed E-state index contributed by atoms with van der Waals surface area (Å²) in [6.07, 6.45) is 2.78. The van der Waals surface area contributed by atoms with E-state index >= 15 is 0 Å². The first kappa shape index (κ1) is 13.4. The summed E-state index contributed by atoms with van der Waals surface area (Å²) in [7, 11) is 0. The second kappa shape index (κ2) is 6.21. The summed E-state index contributed by atoms with van der Waals surface area (Å²) >= 11 is 5.93. The Hall–Kier alpha value is -1.06. The number of hydrogen-bond acceptors (Lipinski definition) is 2. The van der Waals surface area contributed by atoms with Gasteiger partial charge in [-0.05, 0) is 56.5 Å². The number of rotatable bonds is 3. The lowest BCUT2D eigenvalue weighted by Gasteiger charge is -2.22. The number of nitrogens with one attached hydrogen (secondary N) is 2. The second-order valence-electron chi connectivity index (χ2n) is 4.90. The Morgan fingerprint density at radius 1 is 1.44 bits per heavy atom. The number of anilines is 1. The molecule has 98 valence electrons. The average molecular weight is 267 g/mol. The Kier molecular flexibility index (Phi) is 4.61. The van der Waals surface area contributed by atoms with Crippen LogP contribution in [0, 0.1) is 12.8 Å². The zero-order valence-corrected chi connectivity index (χ0v) is 11.4. The van der Waals surface area contributed by atoms with Gasteiger partial charge >= 0.3 is 0 Å². The van der Waals surface area contributed by atoms with Gasteiger partial charge in [0, 0.05) is 17.1 Å². The zero-order chi connectivity index (χ0) is 13.0. The highest BCUT2D eigenvalue weighted by atomic mass is 35.5. The lowest BCUT2D eigenvalue weighted by Crippen LogP contribution is -2.30. The molecular weight excluding hydrogens is 248 g/mol. The van der Waals surface area contributed by atoms with E-state index in [2.05, 4.69) is 10.6 Å². The van der Waals surface area contributed by atoms with Gasteiger partial charge in [-0.2, -0.15) is 0 Å². The van der Waals surface area contributed by atoms with Gasteiger partial charge in [0.15, 0.2) is 0 Å². The molecule has 0 spiro atoms. The van der Waals surface area contributed by atoms with Crippen molar-refractivity contribution < 1.29 is 4.79 Å². The van der Waals surface area contributed by atoms with Crippen molar-refractivity contribution in [2.24, 2.45) is 5.92 Å². The molecule has 0 aromatic heterocycles. The molecule has 1 aliphatic heterocycles. The van der Waals surface area contributed by atoms with E-state index < -0.39 is 0 Å². The minimum atomic E-state index is 0.0901. The summed E-state index contributed by atoms with van der Waals surface area (Å²) in [5, 5.41) is 6.91. The molecule has 1 amide bonds. The molecule has 18 heavy (non-hydrogen) atoms. The molecule has 0 saturated carbocycles. The molecule has 4 heteroatoms. The SMILES string of the molecule is Cc1ccc(Cl)cc1NC(=O)CC1CCNCC1. The fourth-order valence-corrected chi connectivity index (χ4v) is 2.45. The highest BCUT2D eigenvalue weighted by Gasteiger charge is 2.17. The third-order valence-corrected chi connectivity index (χ3v) is 3.64. The van der Waals surface area contributed by atoms with E-state index in [-0.39, 0.29) is 5.91 Å². The molecule has 0 radical (unpaired) electrons. The van der Waals surface area contributed by atoms with Crippen LogP contribution in [0.2, 0.25) is 5.02 Å². The number of aryl methyl sites for hydroxylation is 1.